The van der Waals surface area contributed by atoms with Gasteiger partial charge >= 0.3 is 0 Å². The first-order valence-electron chi connectivity index (χ1n) is 9.73. The van der Waals surface area contributed by atoms with E-state index >= 15 is 0 Å². The largest absolute Gasteiger partial charge is 0.326 e. The third-order valence-electron chi connectivity index (χ3n) is 5.01. The molecule has 6 heteroatoms. The molecule has 1 aliphatic heterocycles. The minimum Gasteiger partial charge on any atom is -0.326 e. The summed E-state index contributed by atoms with van der Waals surface area (Å²) < 4.78 is 0. The third kappa shape index (κ3) is 4.38. The lowest BCUT2D eigenvalue weighted by Gasteiger charge is -2.16. The molecule has 0 aromatic heterocycles. The van der Waals surface area contributed by atoms with Gasteiger partial charge in [-0.1, -0.05) is 36.4 Å². The molecule has 1 saturated heterocycles. The van der Waals surface area contributed by atoms with Crippen molar-refractivity contribution in [1.29, 1.82) is 0 Å². The average Bonchev–Trinajstić information content (AvgIpc) is 3.17. The van der Waals surface area contributed by atoms with Crippen molar-refractivity contribution in [2.24, 2.45) is 5.92 Å². The van der Waals surface area contributed by atoms with Gasteiger partial charge in [0.15, 0.2) is 0 Å². The van der Waals surface area contributed by atoms with E-state index < -0.39 is 5.92 Å². The molecule has 1 fully saturated rings. The van der Waals surface area contributed by atoms with Crippen molar-refractivity contribution in [3.8, 4) is 0 Å². The second kappa shape index (κ2) is 8.61. The molecule has 0 spiro atoms. The maximum Gasteiger partial charge on any atom is 0.255 e. The van der Waals surface area contributed by atoms with Gasteiger partial charge in [-0.05, 0) is 48.5 Å². The van der Waals surface area contributed by atoms with Crippen molar-refractivity contribution in [2.45, 2.75) is 6.42 Å². The highest BCUT2D eigenvalue weighted by Gasteiger charge is 2.35. The fourth-order valence-electron chi connectivity index (χ4n) is 3.41. The summed E-state index contributed by atoms with van der Waals surface area (Å²) in [7, 11) is 0. The molecular weight excluding hydrogens is 378 g/mol. The zero-order valence-corrected chi connectivity index (χ0v) is 16.2. The van der Waals surface area contributed by atoms with E-state index in [2.05, 4.69) is 10.6 Å². The van der Waals surface area contributed by atoms with Gasteiger partial charge in [0.05, 0.1) is 5.92 Å². The molecule has 30 heavy (non-hydrogen) atoms. The molecule has 3 aromatic carbocycles. The predicted octanol–water partition coefficient (Wildman–Crippen LogP) is 3.93. The molecule has 1 heterocycles. The Morgan fingerprint density at radius 2 is 1.37 bits per heavy atom. The van der Waals surface area contributed by atoms with Gasteiger partial charge in [-0.2, -0.15) is 0 Å². The summed E-state index contributed by atoms with van der Waals surface area (Å²) in [5.74, 6) is -0.907. The molecule has 3 amide bonds. The number of nitrogens with one attached hydrogen (secondary N) is 2. The van der Waals surface area contributed by atoms with Crippen molar-refractivity contribution < 1.29 is 14.4 Å². The predicted molar refractivity (Wildman–Crippen MR) is 116 cm³/mol. The van der Waals surface area contributed by atoms with Crippen LogP contribution < -0.4 is 15.5 Å². The number of benzene rings is 3. The van der Waals surface area contributed by atoms with E-state index in [1.165, 1.54) is 0 Å². The summed E-state index contributed by atoms with van der Waals surface area (Å²) in [6, 6.07) is 25.2. The first-order chi connectivity index (χ1) is 14.6. The van der Waals surface area contributed by atoms with Crippen LogP contribution in [-0.2, 0) is 9.59 Å². The number of carbonyl (C=O) groups excluding carboxylic acids is 3. The fraction of sp³-hybridized carbons (Fsp3) is 0.125. The summed E-state index contributed by atoms with van der Waals surface area (Å²) in [4.78, 5) is 38.9. The Kier molecular flexibility index (Phi) is 5.57. The van der Waals surface area contributed by atoms with Crippen molar-refractivity contribution in [2.75, 3.05) is 22.1 Å². The number of nitrogens with zero attached hydrogens (tertiary/aromatic N) is 1. The summed E-state index contributed by atoms with van der Waals surface area (Å²) in [5.41, 5.74) is 2.59. The first kappa shape index (κ1) is 19.4. The molecule has 4 rings (SSSR count). The maximum absolute atomic E-state index is 12.6. The van der Waals surface area contributed by atoms with Crippen LogP contribution in [0.5, 0.6) is 0 Å². The number of anilines is 3. The van der Waals surface area contributed by atoms with Crippen LogP contribution >= 0.6 is 0 Å². The highest BCUT2D eigenvalue weighted by atomic mass is 16.2. The van der Waals surface area contributed by atoms with Crippen molar-refractivity contribution in [1.82, 2.24) is 0 Å². The van der Waals surface area contributed by atoms with Crippen LogP contribution in [0.1, 0.15) is 16.8 Å². The van der Waals surface area contributed by atoms with E-state index in [-0.39, 0.29) is 24.1 Å². The van der Waals surface area contributed by atoms with Gasteiger partial charge in [0.1, 0.15) is 0 Å². The fourth-order valence-corrected chi connectivity index (χ4v) is 3.41. The van der Waals surface area contributed by atoms with Crippen LogP contribution in [0.3, 0.4) is 0 Å². The molecule has 1 unspecified atom stereocenters. The van der Waals surface area contributed by atoms with Crippen LogP contribution in [0.15, 0.2) is 84.9 Å². The number of rotatable bonds is 5. The Morgan fingerprint density at radius 1 is 0.767 bits per heavy atom. The van der Waals surface area contributed by atoms with E-state index in [1.807, 2.05) is 60.7 Å². The zero-order chi connectivity index (χ0) is 20.9. The van der Waals surface area contributed by atoms with Gasteiger partial charge in [-0.15, -0.1) is 0 Å². The van der Waals surface area contributed by atoms with Crippen molar-refractivity contribution >= 4 is 34.8 Å². The van der Waals surface area contributed by atoms with Crippen LogP contribution in [0, 0.1) is 5.92 Å². The summed E-state index contributed by atoms with van der Waals surface area (Å²) in [6.07, 6.45) is 0.179. The monoisotopic (exact) mass is 399 g/mol. The van der Waals surface area contributed by atoms with Gasteiger partial charge < -0.3 is 15.5 Å². The Hall–Kier alpha value is -3.93. The van der Waals surface area contributed by atoms with Gasteiger partial charge in [0.2, 0.25) is 11.8 Å². The lowest BCUT2D eigenvalue weighted by Crippen LogP contribution is -2.28. The minimum absolute atomic E-state index is 0.0609. The normalized spacial score (nSPS) is 15.7. The molecule has 1 aliphatic rings. The highest BCUT2D eigenvalue weighted by Crippen LogP contribution is 2.26. The Morgan fingerprint density at radius 3 is 2.03 bits per heavy atom. The molecule has 0 saturated carbocycles. The maximum atomic E-state index is 12.6. The van der Waals surface area contributed by atoms with Crippen LogP contribution in [0.4, 0.5) is 17.1 Å². The van der Waals surface area contributed by atoms with Gasteiger partial charge in [-0.3, -0.25) is 14.4 Å². The smallest absolute Gasteiger partial charge is 0.255 e. The Balaban J connectivity index is 1.36. The van der Waals surface area contributed by atoms with Crippen LogP contribution in [0.2, 0.25) is 0 Å². The molecular formula is C24H21N3O3. The summed E-state index contributed by atoms with van der Waals surface area (Å²) in [6.45, 7) is 0.353. The van der Waals surface area contributed by atoms with Crippen molar-refractivity contribution in [3.63, 3.8) is 0 Å². The summed E-state index contributed by atoms with van der Waals surface area (Å²) >= 11 is 0. The molecule has 0 radical (unpaired) electrons. The average molecular weight is 399 g/mol. The van der Waals surface area contributed by atoms with E-state index in [4.69, 9.17) is 0 Å². The second-order valence-electron chi connectivity index (χ2n) is 7.13. The number of hydrogen-bond donors (Lipinski definition) is 2. The third-order valence-corrected chi connectivity index (χ3v) is 5.01. The molecule has 0 aliphatic carbocycles. The van der Waals surface area contributed by atoms with E-state index in [9.17, 15) is 14.4 Å². The molecule has 3 aromatic rings. The number of hydrogen-bond acceptors (Lipinski definition) is 3. The number of amides is 3. The standard InChI is InChI=1S/C24H21N3O3/c28-22-15-18(16-27(22)21-9-5-2-6-10-21)24(30)26-20-13-11-17(12-14-20)23(29)25-19-7-3-1-4-8-19/h1-14,18H,15-16H2,(H,25,29)(H,26,30). The topological polar surface area (TPSA) is 78.5 Å². The highest BCUT2D eigenvalue weighted by molar-refractivity contribution is 6.05. The molecule has 0 bridgehead atoms. The number of carbonyl (C=O) groups is 3. The second-order valence-corrected chi connectivity index (χ2v) is 7.13. The van der Waals surface area contributed by atoms with Gasteiger partial charge in [0.25, 0.3) is 5.91 Å². The van der Waals surface area contributed by atoms with E-state index in [1.54, 1.807) is 29.2 Å². The van der Waals surface area contributed by atoms with E-state index in [0.29, 0.717) is 23.5 Å². The summed E-state index contributed by atoms with van der Waals surface area (Å²) in [5, 5.41) is 5.66. The number of para-hydroxylation sites is 2. The van der Waals surface area contributed by atoms with Crippen molar-refractivity contribution in [3.05, 3.63) is 90.5 Å². The minimum atomic E-state index is -0.418. The molecule has 2 N–H and O–H groups in total. The van der Waals surface area contributed by atoms with Gasteiger partial charge in [0, 0.05) is 35.6 Å². The van der Waals surface area contributed by atoms with Crippen LogP contribution in [0.25, 0.3) is 0 Å². The van der Waals surface area contributed by atoms with Gasteiger partial charge in [-0.25, -0.2) is 0 Å². The molecule has 6 nitrogen and oxygen atoms in total. The Bertz CT molecular complexity index is 1050. The molecule has 150 valence electrons. The first-order valence-corrected chi connectivity index (χ1v) is 9.73. The lowest BCUT2D eigenvalue weighted by atomic mass is 10.1. The quantitative estimate of drug-likeness (QED) is 0.682. The van der Waals surface area contributed by atoms with E-state index in [0.717, 1.165) is 5.69 Å². The Labute approximate surface area is 174 Å². The lowest BCUT2D eigenvalue weighted by molar-refractivity contribution is -0.122. The SMILES string of the molecule is O=C(Nc1ccccc1)c1ccc(NC(=O)C2CC(=O)N(c3ccccc3)C2)cc1. The zero-order valence-electron chi connectivity index (χ0n) is 16.2. The molecule has 1 atom stereocenters. The van der Waals surface area contributed by atoms with Crippen LogP contribution in [-0.4, -0.2) is 24.3 Å².